The summed E-state index contributed by atoms with van der Waals surface area (Å²) in [5, 5.41) is 3.11. The van der Waals surface area contributed by atoms with Gasteiger partial charge in [0, 0.05) is 0 Å². The van der Waals surface area contributed by atoms with E-state index in [1.165, 1.54) is 5.01 Å². The summed E-state index contributed by atoms with van der Waals surface area (Å²) in [5.41, 5.74) is 0. The summed E-state index contributed by atoms with van der Waals surface area (Å²) in [5.74, 6) is 0. The first kappa shape index (κ1) is 17.3. The summed E-state index contributed by atoms with van der Waals surface area (Å²) < 4.78 is 67.4. The number of rotatable bonds is 2. The molecule has 0 aromatic heterocycles. The van der Waals surface area contributed by atoms with Crippen molar-refractivity contribution in [2.45, 2.75) is 19.3 Å². The largest absolute Gasteiger partial charge is 0.269 e. The van der Waals surface area contributed by atoms with E-state index in [0.29, 0.717) is 27.2 Å². The fourth-order valence-corrected chi connectivity index (χ4v) is 8.87. The van der Waals surface area contributed by atoms with Crippen LogP contribution in [0.4, 0.5) is 25.7 Å². The van der Waals surface area contributed by atoms with Gasteiger partial charge in [-0.2, -0.15) is 0 Å². The predicted molar refractivity (Wildman–Crippen MR) is 66.0 cm³/mol. The molecule has 0 unspecified atom stereocenters. The Balaban J connectivity index is 0.00000180. The molecule has 2 rings (SSSR count). The van der Waals surface area contributed by atoms with Crippen molar-refractivity contribution in [1.29, 1.82) is 0 Å². The van der Waals surface area contributed by atoms with Crippen LogP contribution in [-0.2, 0) is 0 Å². The van der Waals surface area contributed by atoms with Crippen LogP contribution < -0.4 is 5.20 Å². The van der Waals surface area contributed by atoms with E-state index in [0.717, 1.165) is 19.3 Å². The van der Waals surface area contributed by atoms with Gasteiger partial charge in [0.05, 0.1) is 0 Å². The molecule has 0 aliphatic carbocycles. The van der Waals surface area contributed by atoms with Gasteiger partial charge in [-0.05, 0) is 0 Å². The number of nitrogens with one attached hydrogen (secondary N) is 1. The molecule has 12 heteroatoms. The average molecular weight is 334 g/mol. The standard InChI is InChI=1S/C7H17F5N4P2.FH/c1-14-17(8,9,10)15(2)18(14,11,12)13-16-6-4-3-5-7-16;/h13H,3-7H2,1-2H3;1H. The molecule has 118 valence electrons. The molecular weight excluding hydrogens is 316 g/mol. The van der Waals surface area contributed by atoms with Crippen molar-refractivity contribution in [3.8, 4) is 0 Å². The maximum atomic E-state index is 14.4. The molecule has 2 saturated heterocycles. The van der Waals surface area contributed by atoms with Gasteiger partial charge in [-0.3, -0.25) is 4.70 Å². The minimum absolute atomic E-state index is 0. The van der Waals surface area contributed by atoms with Gasteiger partial charge in [-0.1, -0.05) is 0 Å². The summed E-state index contributed by atoms with van der Waals surface area (Å²) in [6, 6.07) is 0. The fourth-order valence-electron chi connectivity index (χ4n) is 2.18. The Morgan fingerprint density at radius 1 is 0.842 bits per heavy atom. The third-order valence-corrected chi connectivity index (χ3v) is 11.5. The van der Waals surface area contributed by atoms with Gasteiger partial charge in [0.2, 0.25) is 0 Å². The second kappa shape index (κ2) is 4.39. The number of hydrogen-bond donors (Lipinski definition) is 1. The van der Waals surface area contributed by atoms with Crippen LogP contribution in [0.5, 0.6) is 0 Å². The molecule has 2 fully saturated rings. The van der Waals surface area contributed by atoms with E-state index in [4.69, 9.17) is 0 Å². The molecule has 0 radical (unpaired) electrons. The Morgan fingerprint density at radius 2 is 1.26 bits per heavy atom. The van der Waals surface area contributed by atoms with Gasteiger partial charge in [0.25, 0.3) is 0 Å². The van der Waals surface area contributed by atoms with Gasteiger partial charge in [0.1, 0.15) is 0 Å². The van der Waals surface area contributed by atoms with Crippen LogP contribution in [0.2, 0.25) is 0 Å². The molecule has 2 aliphatic rings. The summed E-state index contributed by atoms with van der Waals surface area (Å²) in [6.07, 6.45) is 2.36. The zero-order valence-electron chi connectivity index (χ0n) is 10.6. The number of hydrogen-bond acceptors (Lipinski definition) is 4. The van der Waals surface area contributed by atoms with Gasteiger partial charge in [-0.15, -0.1) is 0 Å². The van der Waals surface area contributed by atoms with Crippen LogP contribution in [-0.4, -0.2) is 41.1 Å². The Labute approximate surface area is 108 Å². The van der Waals surface area contributed by atoms with Crippen molar-refractivity contribution in [3.05, 3.63) is 0 Å². The molecule has 0 aromatic rings. The van der Waals surface area contributed by atoms with Crippen molar-refractivity contribution in [2.24, 2.45) is 0 Å². The van der Waals surface area contributed by atoms with E-state index in [1.807, 2.05) is 5.20 Å². The first-order chi connectivity index (χ1) is 7.96. The van der Waals surface area contributed by atoms with E-state index < -0.39 is 24.4 Å². The quantitative estimate of drug-likeness (QED) is 0.606. The molecule has 2 heterocycles. The number of nitrogens with zero attached hydrogens (tertiary/aromatic N) is 3. The van der Waals surface area contributed by atoms with Gasteiger partial charge < -0.3 is 0 Å². The number of piperidine rings is 1. The maximum Gasteiger partial charge on any atom is -0.269 e. The normalized spacial score (nSPS) is 37.6. The predicted octanol–water partition coefficient (Wildman–Crippen LogP) is 4.11. The molecule has 0 amide bonds. The van der Waals surface area contributed by atoms with E-state index in [1.54, 1.807) is 0 Å². The van der Waals surface area contributed by atoms with Crippen LogP contribution in [0.3, 0.4) is 0 Å². The monoisotopic (exact) mass is 334 g/mol. The van der Waals surface area contributed by atoms with Crippen LogP contribution >= 0.6 is 15.5 Å². The Hall–Kier alpha value is 0.280. The van der Waals surface area contributed by atoms with E-state index >= 15 is 0 Å². The summed E-state index contributed by atoms with van der Waals surface area (Å²) >= 11 is 0. The summed E-state index contributed by atoms with van der Waals surface area (Å²) in [6.45, 7) is 0.711. The second-order valence-electron chi connectivity index (χ2n) is 4.69. The molecule has 2 aliphatic heterocycles. The molecule has 0 bridgehead atoms. The van der Waals surface area contributed by atoms with E-state index in [2.05, 4.69) is 0 Å². The SMILES string of the molecule is CN1P(F)(F)(F)N(C)P1(F)(F)NN1CCCCC1.F. The van der Waals surface area contributed by atoms with Crippen molar-refractivity contribution in [1.82, 2.24) is 19.1 Å². The maximum absolute atomic E-state index is 14.4. The number of halogens is 6. The van der Waals surface area contributed by atoms with Crippen LogP contribution in [0.15, 0.2) is 0 Å². The van der Waals surface area contributed by atoms with Crippen molar-refractivity contribution < 1.29 is 25.7 Å². The Kier molecular flexibility index (Phi) is 4.00. The minimum atomic E-state index is -7.04. The Morgan fingerprint density at radius 3 is 1.68 bits per heavy atom. The second-order valence-corrected chi connectivity index (χ2v) is 11.0. The Bertz CT molecular complexity index is 350. The van der Waals surface area contributed by atoms with Crippen LogP contribution in [0, 0.1) is 0 Å². The van der Waals surface area contributed by atoms with Crippen molar-refractivity contribution in [2.75, 3.05) is 27.2 Å². The van der Waals surface area contributed by atoms with E-state index in [9.17, 15) is 21.0 Å². The average Bonchev–Trinajstić information content (AvgIpc) is 2.27. The van der Waals surface area contributed by atoms with Crippen molar-refractivity contribution in [3.63, 3.8) is 0 Å². The molecule has 0 atom stereocenters. The van der Waals surface area contributed by atoms with Crippen LogP contribution in [0.1, 0.15) is 19.3 Å². The first-order valence-corrected chi connectivity index (χ1v) is 9.36. The molecule has 0 aromatic carbocycles. The van der Waals surface area contributed by atoms with Gasteiger partial charge >= 0.3 is 102 Å². The zero-order valence-corrected chi connectivity index (χ0v) is 12.4. The van der Waals surface area contributed by atoms with Gasteiger partial charge in [-0.25, -0.2) is 0 Å². The third-order valence-electron chi connectivity index (χ3n) is 3.56. The number of hydrazine groups is 1. The summed E-state index contributed by atoms with van der Waals surface area (Å²) in [7, 11) is -12.3. The van der Waals surface area contributed by atoms with E-state index in [-0.39, 0.29) is 4.70 Å². The fraction of sp³-hybridized carbons (Fsp3) is 1.00. The molecule has 19 heavy (non-hydrogen) atoms. The minimum Gasteiger partial charge on any atom is -0.269 e. The van der Waals surface area contributed by atoms with Crippen LogP contribution in [0.25, 0.3) is 0 Å². The van der Waals surface area contributed by atoms with Crippen molar-refractivity contribution >= 4 is 15.5 Å². The molecule has 1 N–H and O–H groups in total. The molecule has 4 nitrogen and oxygen atoms in total. The molecule has 0 saturated carbocycles. The smallest absolute Gasteiger partial charge is 0.269 e. The molecular formula is C7H18F6N4P2. The van der Waals surface area contributed by atoms with Gasteiger partial charge in [0.15, 0.2) is 0 Å². The molecule has 0 spiro atoms. The third kappa shape index (κ3) is 2.26. The topological polar surface area (TPSA) is 21.8 Å². The summed E-state index contributed by atoms with van der Waals surface area (Å²) in [4.78, 5) is 0. The zero-order chi connectivity index (χ0) is 13.9. The first-order valence-electron chi connectivity index (χ1n) is 5.62.